The Hall–Kier alpha value is -2.74. The Morgan fingerprint density at radius 1 is 1.21 bits per heavy atom. The second-order valence-electron chi connectivity index (χ2n) is 6.46. The van der Waals surface area contributed by atoms with Gasteiger partial charge in [0.25, 0.3) is 5.91 Å². The predicted molar refractivity (Wildman–Crippen MR) is 107 cm³/mol. The van der Waals surface area contributed by atoms with Gasteiger partial charge in [0, 0.05) is 25.1 Å². The zero-order valence-corrected chi connectivity index (χ0v) is 16.7. The molecule has 0 bridgehead atoms. The fourth-order valence-corrected chi connectivity index (χ4v) is 4.05. The molecule has 0 saturated carbocycles. The van der Waals surface area contributed by atoms with Crippen LogP contribution in [0.15, 0.2) is 48.5 Å². The molecule has 2 aromatic rings. The fraction of sp³-hybridized carbons (Fsp3) is 0.350. The molecule has 0 spiro atoms. The van der Waals surface area contributed by atoms with Crippen LogP contribution in [0.25, 0.3) is 0 Å². The first kappa shape index (κ1) is 20.0. The van der Waals surface area contributed by atoms with Gasteiger partial charge in [-0.05, 0) is 25.1 Å². The quantitative estimate of drug-likeness (QED) is 0.799. The molecule has 0 radical (unpaired) electrons. The van der Waals surface area contributed by atoms with Gasteiger partial charge in [-0.3, -0.25) is 9.10 Å². The number of rotatable bonds is 6. The smallest absolute Gasteiger partial charge is 0.261 e. The Labute approximate surface area is 165 Å². The average Bonchev–Trinajstić information content (AvgIpc) is 2.87. The van der Waals surface area contributed by atoms with Crippen molar-refractivity contribution in [3.63, 3.8) is 0 Å². The molecule has 2 aromatic carbocycles. The summed E-state index contributed by atoms with van der Waals surface area (Å²) in [5.74, 6) is 0.803. The van der Waals surface area contributed by atoms with Crippen LogP contribution in [0.3, 0.4) is 0 Å². The van der Waals surface area contributed by atoms with Crippen molar-refractivity contribution in [3.8, 4) is 11.5 Å². The van der Waals surface area contributed by atoms with Crippen LogP contribution >= 0.6 is 0 Å². The molecule has 28 heavy (non-hydrogen) atoms. The van der Waals surface area contributed by atoms with Crippen molar-refractivity contribution in [2.24, 2.45) is 0 Å². The number of ether oxygens (including phenoxy) is 2. The number of benzene rings is 2. The maximum absolute atomic E-state index is 12.7. The molecule has 8 heteroatoms. The summed E-state index contributed by atoms with van der Waals surface area (Å²) in [6.07, 6.45) is 0.613. The minimum Gasteiger partial charge on any atom is -0.494 e. The standard InChI is InChI=1S/C20H24N2O5S/c1-3-26-17-10-6-4-8-15(17)14-21-20(23)19-12-13-22(28(2,24)25)16-9-5-7-11-18(16)27-19/h4-11,19H,3,12-14H2,1-2H3,(H,21,23). The summed E-state index contributed by atoms with van der Waals surface area (Å²) in [6, 6.07) is 14.3. The molecular formula is C20H24N2O5S. The highest BCUT2D eigenvalue weighted by atomic mass is 32.2. The number of amides is 1. The summed E-state index contributed by atoms with van der Waals surface area (Å²) in [5.41, 5.74) is 1.31. The number of fused-ring (bicyclic) bond motifs is 1. The minimum atomic E-state index is -3.47. The van der Waals surface area contributed by atoms with Crippen molar-refractivity contribution in [2.45, 2.75) is 26.0 Å². The van der Waals surface area contributed by atoms with Gasteiger partial charge in [-0.25, -0.2) is 8.42 Å². The maximum atomic E-state index is 12.7. The van der Waals surface area contributed by atoms with Crippen LogP contribution in [0.5, 0.6) is 11.5 Å². The average molecular weight is 404 g/mol. The lowest BCUT2D eigenvalue weighted by molar-refractivity contribution is -0.128. The lowest BCUT2D eigenvalue weighted by Crippen LogP contribution is -2.39. The van der Waals surface area contributed by atoms with Crippen LogP contribution in [-0.2, 0) is 21.4 Å². The van der Waals surface area contributed by atoms with Crippen molar-refractivity contribution in [1.29, 1.82) is 0 Å². The second kappa shape index (κ2) is 8.52. The summed E-state index contributed by atoms with van der Waals surface area (Å²) in [4.78, 5) is 12.7. The minimum absolute atomic E-state index is 0.170. The summed E-state index contributed by atoms with van der Waals surface area (Å²) in [5, 5.41) is 2.87. The van der Waals surface area contributed by atoms with Crippen molar-refractivity contribution < 1.29 is 22.7 Å². The third-order valence-corrected chi connectivity index (χ3v) is 5.60. The molecule has 0 fully saturated rings. The Morgan fingerprint density at radius 3 is 2.68 bits per heavy atom. The topological polar surface area (TPSA) is 84.9 Å². The summed E-state index contributed by atoms with van der Waals surface area (Å²) >= 11 is 0. The molecule has 1 aliphatic rings. The highest BCUT2D eigenvalue weighted by Gasteiger charge is 2.30. The highest BCUT2D eigenvalue weighted by molar-refractivity contribution is 7.92. The van der Waals surface area contributed by atoms with E-state index in [0.29, 0.717) is 24.6 Å². The molecule has 1 N–H and O–H groups in total. The van der Waals surface area contributed by atoms with E-state index in [9.17, 15) is 13.2 Å². The SMILES string of the molecule is CCOc1ccccc1CNC(=O)C1CCN(S(C)(=O)=O)c2ccccc2O1. The molecule has 1 unspecified atom stereocenters. The lowest BCUT2D eigenvalue weighted by atomic mass is 10.2. The Balaban J connectivity index is 1.74. The molecule has 0 aliphatic carbocycles. The molecule has 1 heterocycles. The van der Waals surface area contributed by atoms with Crippen molar-refractivity contribution >= 4 is 21.6 Å². The van der Waals surface area contributed by atoms with E-state index in [1.807, 2.05) is 31.2 Å². The normalized spacial score (nSPS) is 16.5. The van der Waals surface area contributed by atoms with Gasteiger partial charge in [-0.1, -0.05) is 30.3 Å². The van der Waals surface area contributed by atoms with Gasteiger partial charge >= 0.3 is 0 Å². The zero-order valence-electron chi connectivity index (χ0n) is 15.9. The van der Waals surface area contributed by atoms with Gasteiger partial charge in [0.05, 0.1) is 18.6 Å². The summed E-state index contributed by atoms with van der Waals surface area (Å²) in [6.45, 7) is 2.91. The number of nitrogens with one attached hydrogen (secondary N) is 1. The molecule has 0 saturated heterocycles. The monoisotopic (exact) mass is 404 g/mol. The van der Waals surface area contributed by atoms with Crippen LogP contribution < -0.4 is 19.1 Å². The van der Waals surface area contributed by atoms with Crippen molar-refractivity contribution in [1.82, 2.24) is 5.32 Å². The van der Waals surface area contributed by atoms with Crippen LogP contribution in [0.1, 0.15) is 18.9 Å². The van der Waals surface area contributed by atoms with E-state index < -0.39 is 16.1 Å². The first-order valence-electron chi connectivity index (χ1n) is 9.12. The molecular weight excluding hydrogens is 380 g/mol. The lowest BCUT2D eigenvalue weighted by Gasteiger charge is -2.20. The van der Waals surface area contributed by atoms with Crippen molar-refractivity contribution in [3.05, 3.63) is 54.1 Å². The molecule has 7 nitrogen and oxygen atoms in total. The summed E-state index contributed by atoms with van der Waals surface area (Å²) < 4.78 is 37.0. The number of anilines is 1. The zero-order chi connectivity index (χ0) is 20.1. The largest absolute Gasteiger partial charge is 0.494 e. The maximum Gasteiger partial charge on any atom is 0.261 e. The molecule has 1 atom stereocenters. The number of para-hydroxylation sites is 3. The first-order chi connectivity index (χ1) is 13.4. The molecule has 0 aromatic heterocycles. The number of carbonyl (C=O) groups excluding carboxylic acids is 1. The van der Waals surface area contributed by atoms with Crippen molar-refractivity contribution in [2.75, 3.05) is 23.7 Å². The van der Waals surface area contributed by atoms with Crippen LogP contribution in [0.4, 0.5) is 5.69 Å². The predicted octanol–water partition coefficient (Wildman–Crippen LogP) is 2.32. The number of nitrogens with zero attached hydrogens (tertiary/aromatic N) is 1. The third-order valence-electron chi connectivity index (χ3n) is 4.42. The van der Waals surface area contributed by atoms with Gasteiger partial charge in [0.2, 0.25) is 10.0 Å². The van der Waals surface area contributed by atoms with E-state index in [2.05, 4.69) is 5.32 Å². The van der Waals surface area contributed by atoms with Gasteiger partial charge < -0.3 is 14.8 Å². The molecule has 3 rings (SSSR count). The molecule has 150 valence electrons. The fourth-order valence-electron chi connectivity index (χ4n) is 3.10. The van der Waals surface area contributed by atoms with Crippen LogP contribution in [-0.4, -0.2) is 39.8 Å². The third kappa shape index (κ3) is 4.56. The first-order valence-corrected chi connectivity index (χ1v) is 11.0. The molecule has 1 amide bonds. The van der Waals surface area contributed by atoms with Gasteiger partial charge in [0.1, 0.15) is 11.5 Å². The van der Waals surface area contributed by atoms with Gasteiger partial charge in [-0.2, -0.15) is 0 Å². The van der Waals surface area contributed by atoms with E-state index in [-0.39, 0.29) is 18.9 Å². The highest BCUT2D eigenvalue weighted by Crippen LogP contribution is 2.33. The van der Waals surface area contributed by atoms with E-state index in [1.54, 1.807) is 24.3 Å². The number of hydrogen-bond donors (Lipinski definition) is 1. The Kier molecular flexibility index (Phi) is 6.08. The van der Waals surface area contributed by atoms with E-state index >= 15 is 0 Å². The Morgan fingerprint density at radius 2 is 1.93 bits per heavy atom. The second-order valence-corrected chi connectivity index (χ2v) is 8.36. The van der Waals surface area contributed by atoms with E-state index in [0.717, 1.165) is 17.6 Å². The van der Waals surface area contributed by atoms with E-state index in [4.69, 9.17) is 9.47 Å². The van der Waals surface area contributed by atoms with Gasteiger partial charge in [0.15, 0.2) is 6.10 Å². The van der Waals surface area contributed by atoms with Crippen LogP contribution in [0.2, 0.25) is 0 Å². The number of carbonyl (C=O) groups is 1. The Bertz CT molecular complexity index is 945. The van der Waals surface area contributed by atoms with Crippen LogP contribution in [0, 0.1) is 0 Å². The number of hydrogen-bond acceptors (Lipinski definition) is 5. The van der Waals surface area contributed by atoms with E-state index in [1.165, 1.54) is 4.31 Å². The van der Waals surface area contributed by atoms with Gasteiger partial charge in [-0.15, -0.1) is 0 Å². The molecule has 1 aliphatic heterocycles. The number of sulfonamides is 1. The summed E-state index contributed by atoms with van der Waals surface area (Å²) in [7, 11) is -3.47.